The van der Waals surface area contributed by atoms with E-state index < -0.39 is 5.92 Å². The normalized spacial score (nSPS) is 27.0. The quantitative estimate of drug-likeness (QED) is 0.212. The molecular weight excluding hydrogens is 681 g/mol. The van der Waals surface area contributed by atoms with Crippen LogP contribution in [0.3, 0.4) is 0 Å². The van der Waals surface area contributed by atoms with E-state index in [9.17, 15) is 19.2 Å². The second kappa shape index (κ2) is 11.7. The van der Waals surface area contributed by atoms with Crippen molar-refractivity contribution in [2.45, 2.75) is 22.6 Å². The highest BCUT2D eigenvalue weighted by Crippen LogP contribution is 2.68. The van der Waals surface area contributed by atoms with Crippen molar-refractivity contribution in [3.8, 4) is 11.5 Å². The number of halogens is 2. The average Bonchev–Trinajstić information content (AvgIpc) is 3.81. The molecular formula is C34H27Cl2N3O6S2. The van der Waals surface area contributed by atoms with E-state index in [0.717, 1.165) is 21.9 Å². The van der Waals surface area contributed by atoms with Gasteiger partial charge in [0, 0.05) is 21.7 Å². The maximum absolute atomic E-state index is 14.0. The zero-order valence-corrected chi connectivity index (χ0v) is 27.9. The van der Waals surface area contributed by atoms with Crippen LogP contribution in [0.4, 0.5) is 11.4 Å². The Kier molecular flexibility index (Phi) is 7.63. The average molecular weight is 709 g/mol. The molecule has 2 N–H and O–H groups in total. The monoisotopic (exact) mass is 707 g/mol. The largest absolute Gasteiger partial charge is 0.497 e. The number of aromatic nitrogens is 1. The molecule has 4 aliphatic rings. The van der Waals surface area contributed by atoms with Crippen LogP contribution in [0.25, 0.3) is 0 Å². The number of carbonyl (C=O) groups is 3. The van der Waals surface area contributed by atoms with Crippen LogP contribution in [0.15, 0.2) is 76.6 Å². The molecule has 6 unspecified atom stereocenters. The molecule has 3 aromatic carbocycles. The summed E-state index contributed by atoms with van der Waals surface area (Å²) in [5, 5.41) is 4.40. The number of nitrogens with zero attached hydrogens (tertiary/aromatic N) is 1. The maximum atomic E-state index is 14.0. The fourth-order valence-corrected chi connectivity index (χ4v) is 11.3. The van der Waals surface area contributed by atoms with E-state index in [1.165, 1.54) is 16.2 Å². The summed E-state index contributed by atoms with van der Waals surface area (Å²) >= 11 is 14.9. The van der Waals surface area contributed by atoms with Crippen LogP contribution in [-0.4, -0.2) is 41.7 Å². The molecule has 4 aromatic rings. The number of thiazole rings is 1. The van der Waals surface area contributed by atoms with Crippen LogP contribution in [0, 0.1) is 29.6 Å². The molecule has 2 bridgehead atoms. The molecule has 7 atom stereocenters. The summed E-state index contributed by atoms with van der Waals surface area (Å²) in [5.41, 5.74) is 2.07. The Balaban J connectivity index is 1.04. The van der Waals surface area contributed by atoms with Crippen LogP contribution in [0.2, 0.25) is 10.0 Å². The number of thioether (sulfide) groups is 1. The number of ether oxygens (including phenoxy) is 2. The number of H-pyrrole nitrogens is 1. The Bertz CT molecular complexity index is 1980. The van der Waals surface area contributed by atoms with E-state index in [4.69, 9.17) is 32.7 Å². The van der Waals surface area contributed by atoms with Gasteiger partial charge in [0.05, 0.1) is 39.7 Å². The first-order valence-corrected chi connectivity index (χ1v) is 17.6. The first kappa shape index (κ1) is 30.6. The Morgan fingerprint density at radius 2 is 1.64 bits per heavy atom. The standard InChI is InChI=1S/C34H27Cl2N3O6S2/c1-44-18-9-5-17(6-10-18)39-32(41)27-20-13-21(28(27)33(39)42)29-26(20)25(30-31(46-29)38-34(43)47-30)15-2-7-19(8-3-15)45-14-24(40)37-16-4-11-22(35)23(36)12-16/h2-12,20-21,25-29H,13-14H2,1H3,(H,37,40)(H,38,43)/t20?,21?,25-,26?,27?,28?,29?/m1/s1. The number of hydrogen-bond donors (Lipinski definition) is 2. The van der Waals surface area contributed by atoms with Gasteiger partial charge in [-0.1, -0.05) is 46.7 Å². The Labute approximate surface area is 287 Å². The minimum absolute atomic E-state index is 0.00135. The molecule has 2 aliphatic heterocycles. The van der Waals surface area contributed by atoms with E-state index in [1.54, 1.807) is 61.3 Å². The lowest BCUT2D eigenvalue weighted by Gasteiger charge is -2.43. The van der Waals surface area contributed by atoms with Crippen molar-refractivity contribution in [3.63, 3.8) is 0 Å². The van der Waals surface area contributed by atoms with Crippen molar-refractivity contribution < 1.29 is 23.9 Å². The Morgan fingerprint density at radius 3 is 2.34 bits per heavy atom. The van der Waals surface area contributed by atoms with Crippen LogP contribution in [0.5, 0.6) is 11.5 Å². The van der Waals surface area contributed by atoms with Crippen molar-refractivity contribution in [3.05, 3.63) is 96.9 Å². The van der Waals surface area contributed by atoms with Gasteiger partial charge < -0.3 is 19.8 Å². The Morgan fingerprint density at radius 1 is 0.936 bits per heavy atom. The molecule has 3 amide bonds. The second-order valence-electron chi connectivity index (χ2n) is 12.2. The first-order valence-electron chi connectivity index (χ1n) is 15.1. The molecule has 3 heterocycles. The van der Waals surface area contributed by atoms with Gasteiger partial charge in [-0.2, -0.15) is 0 Å². The van der Waals surface area contributed by atoms with E-state index in [0.29, 0.717) is 32.9 Å². The smallest absolute Gasteiger partial charge is 0.305 e. The summed E-state index contributed by atoms with van der Waals surface area (Å²) in [6.07, 6.45) is 0.802. The third-order valence-corrected chi connectivity index (χ3v) is 13.2. The number of fused-ring (bicyclic) bond motifs is 9. The Hall–Kier alpha value is -3.77. The van der Waals surface area contributed by atoms with E-state index in [-0.39, 0.29) is 64.0 Å². The van der Waals surface area contributed by atoms with Crippen molar-refractivity contribution >= 4 is 75.4 Å². The first-order chi connectivity index (χ1) is 22.7. The van der Waals surface area contributed by atoms with Gasteiger partial charge in [-0.25, -0.2) is 0 Å². The molecule has 0 radical (unpaired) electrons. The molecule has 0 spiro atoms. The molecule has 3 fully saturated rings. The summed E-state index contributed by atoms with van der Waals surface area (Å²) in [5.74, 6) is -0.259. The van der Waals surface area contributed by atoms with Crippen molar-refractivity contribution in [2.24, 2.45) is 29.6 Å². The number of anilines is 2. The molecule has 1 saturated heterocycles. The molecule has 9 nitrogen and oxygen atoms in total. The van der Waals surface area contributed by atoms with Gasteiger partial charge in [0.15, 0.2) is 6.61 Å². The second-order valence-corrected chi connectivity index (χ2v) is 15.2. The number of imide groups is 1. The fourth-order valence-electron chi connectivity index (χ4n) is 8.07. The van der Waals surface area contributed by atoms with Crippen LogP contribution >= 0.6 is 46.3 Å². The highest BCUT2D eigenvalue weighted by molar-refractivity contribution is 8.00. The lowest BCUT2D eigenvalue weighted by atomic mass is 9.68. The number of rotatable bonds is 7. The lowest BCUT2D eigenvalue weighted by molar-refractivity contribution is -0.123. The topological polar surface area (TPSA) is 118 Å². The summed E-state index contributed by atoms with van der Waals surface area (Å²) in [7, 11) is 1.57. The van der Waals surface area contributed by atoms with Crippen LogP contribution < -0.4 is 24.6 Å². The fraction of sp³-hybridized carbons (Fsp3) is 0.294. The highest BCUT2D eigenvalue weighted by atomic mass is 35.5. The van der Waals surface area contributed by atoms with Gasteiger partial charge in [0.25, 0.3) is 5.91 Å². The van der Waals surface area contributed by atoms with Gasteiger partial charge in [0.2, 0.25) is 11.8 Å². The molecule has 13 heteroatoms. The van der Waals surface area contributed by atoms with E-state index >= 15 is 0 Å². The number of benzene rings is 3. The van der Waals surface area contributed by atoms with E-state index in [2.05, 4.69) is 10.3 Å². The van der Waals surface area contributed by atoms with Gasteiger partial charge in [-0.05, 0) is 84.3 Å². The third-order valence-electron chi connectivity index (χ3n) is 9.87. The number of amides is 3. The third kappa shape index (κ3) is 5.06. The van der Waals surface area contributed by atoms with E-state index in [1.807, 2.05) is 24.3 Å². The van der Waals surface area contributed by atoms with Crippen LogP contribution in [-0.2, 0) is 14.4 Å². The SMILES string of the molecule is COc1ccc(N2C(=O)C3C4CC(C3C2=O)C2C4Sc3[nH]c(=O)sc3[C@@H]2c2ccc(OCC(=O)Nc3ccc(Cl)c(Cl)c3)cc2)cc1. The molecule has 2 aliphatic carbocycles. The minimum Gasteiger partial charge on any atom is -0.497 e. The van der Waals surface area contributed by atoms with Gasteiger partial charge in [0.1, 0.15) is 11.5 Å². The predicted molar refractivity (Wildman–Crippen MR) is 181 cm³/mol. The zero-order chi connectivity index (χ0) is 32.6. The number of methoxy groups -OCH3 is 1. The molecule has 240 valence electrons. The molecule has 47 heavy (non-hydrogen) atoms. The predicted octanol–water partition coefficient (Wildman–Crippen LogP) is 6.45. The van der Waals surface area contributed by atoms with Gasteiger partial charge >= 0.3 is 4.87 Å². The summed E-state index contributed by atoms with van der Waals surface area (Å²) in [6.45, 7) is -0.207. The van der Waals surface area contributed by atoms with Gasteiger partial charge in [-0.3, -0.25) is 24.1 Å². The summed E-state index contributed by atoms with van der Waals surface area (Å²) < 4.78 is 11.0. The summed E-state index contributed by atoms with van der Waals surface area (Å²) in [6, 6.07) is 19.4. The summed E-state index contributed by atoms with van der Waals surface area (Å²) in [4.78, 5) is 58.2. The molecule has 2 saturated carbocycles. The number of hydrogen-bond acceptors (Lipinski definition) is 8. The minimum atomic E-state index is -0.396. The lowest BCUT2D eigenvalue weighted by Crippen LogP contribution is -2.42. The van der Waals surface area contributed by atoms with Gasteiger partial charge in [-0.15, -0.1) is 11.8 Å². The number of aromatic amines is 1. The number of carbonyl (C=O) groups excluding carboxylic acids is 3. The maximum Gasteiger partial charge on any atom is 0.305 e. The van der Waals surface area contributed by atoms with Crippen LogP contribution in [0.1, 0.15) is 22.8 Å². The zero-order valence-electron chi connectivity index (χ0n) is 24.8. The van der Waals surface area contributed by atoms with Crippen molar-refractivity contribution in [1.82, 2.24) is 4.98 Å². The molecule has 8 rings (SSSR count). The number of nitrogens with one attached hydrogen (secondary N) is 2. The van der Waals surface area contributed by atoms with Crippen molar-refractivity contribution in [1.29, 1.82) is 0 Å². The van der Waals surface area contributed by atoms with Crippen molar-refractivity contribution in [2.75, 3.05) is 23.9 Å². The highest BCUT2D eigenvalue weighted by Gasteiger charge is 2.69. The molecule has 1 aromatic heterocycles.